The molecule has 0 spiro atoms. The van der Waals surface area contributed by atoms with E-state index in [1.165, 1.54) is 6.33 Å². The molecule has 0 aliphatic heterocycles. The zero-order chi connectivity index (χ0) is 13.0. The fourth-order valence-electron chi connectivity index (χ4n) is 1.79. The van der Waals surface area contributed by atoms with E-state index in [2.05, 4.69) is 20.3 Å². The molecule has 0 radical (unpaired) electrons. The zero-order valence-corrected chi connectivity index (χ0v) is 10.8. The van der Waals surface area contributed by atoms with Crippen molar-refractivity contribution in [3.63, 3.8) is 0 Å². The van der Waals surface area contributed by atoms with Gasteiger partial charge in [-0.05, 0) is 25.5 Å². The Morgan fingerprint density at radius 1 is 1.33 bits per heavy atom. The van der Waals surface area contributed by atoms with Gasteiger partial charge in [0.2, 0.25) is 0 Å². The molecule has 0 saturated heterocycles. The van der Waals surface area contributed by atoms with Gasteiger partial charge in [0.25, 0.3) is 0 Å². The lowest BCUT2D eigenvalue weighted by atomic mass is 10.1. The molecular weight excluding hydrogens is 228 g/mol. The third kappa shape index (κ3) is 2.25. The summed E-state index contributed by atoms with van der Waals surface area (Å²) in [4.78, 5) is 12.6. The molecule has 0 bridgehead atoms. The number of anilines is 1. The molecule has 94 valence electrons. The van der Waals surface area contributed by atoms with Crippen LogP contribution in [0.25, 0.3) is 11.3 Å². The molecule has 0 aliphatic carbocycles. The Morgan fingerprint density at radius 2 is 2.17 bits per heavy atom. The first-order valence-electron chi connectivity index (χ1n) is 5.81. The SMILES string of the molecule is CCNc1ncnc(-c2ccncc2C)c1OC. The lowest BCUT2D eigenvalue weighted by Gasteiger charge is -2.13. The van der Waals surface area contributed by atoms with Crippen LogP contribution in [-0.4, -0.2) is 28.6 Å². The van der Waals surface area contributed by atoms with Crippen LogP contribution in [0.4, 0.5) is 5.82 Å². The second-order valence-electron chi connectivity index (χ2n) is 3.83. The van der Waals surface area contributed by atoms with Crippen molar-refractivity contribution in [1.82, 2.24) is 15.0 Å². The fraction of sp³-hybridized carbons (Fsp3) is 0.308. The highest BCUT2D eigenvalue weighted by Gasteiger charge is 2.14. The van der Waals surface area contributed by atoms with Gasteiger partial charge in [-0.3, -0.25) is 4.98 Å². The van der Waals surface area contributed by atoms with Crippen LogP contribution in [-0.2, 0) is 0 Å². The molecule has 0 unspecified atom stereocenters. The van der Waals surface area contributed by atoms with E-state index in [0.717, 1.165) is 23.4 Å². The smallest absolute Gasteiger partial charge is 0.187 e. The summed E-state index contributed by atoms with van der Waals surface area (Å²) < 4.78 is 5.43. The predicted octanol–water partition coefficient (Wildman–Crippen LogP) is 2.29. The molecule has 5 heteroatoms. The maximum atomic E-state index is 5.43. The van der Waals surface area contributed by atoms with Crippen molar-refractivity contribution >= 4 is 5.82 Å². The predicted molar refractivity (Wildman–Crippen MR) is 70.7 cm³/mol. The van der Waals surface area contributed by atoms with Gasteiger partial charge < -0.3 is 10.1 Å². The normalized spacial score (nSPS) is 10.2. The number of aryl methyl sites for hydroxylation is 1. The van der Waals surface area contributed by atoms with Gasteiger partial charge in [0.05, 0.1) is 7.11 Å². The maximum absolute atomic E-state index is 5.43. The van der Waals surface area contributed by atoms with Crippen LogP contribution < -0.4 is 10.1 Å². The van der Waals surface area contributed by atoms with Gasteiger partial charge in [0.1, 0.15) is 12.0 Å². The van der Waals surface area contributed by atoms with Gasteiger partial charge in [0.15, 0.2) is 11.6 Å². The van der Waals surface area contributed by atoms with E-state index in [9.17, 15) is 0 Å². The molecule has 5 nitrogen and oxygen atoms in total. The summed E-state index contributed by atoms with van der Waals surface area (Å²) in [5, 5.41) is 3.16. The number of ether oxygens (including phenoxy) is 1. The lowest BCUT2D eigenvalue weighted by molar-refractivity contribution is 0.414. The van der Waals surface area contributed by atoms with Gasteiger partial charge >= 0.3 is 0 Å². The van der Waals surface area contributed by atoms with Crippen molar-refractivity contribution in [3.8, 4) is 17.0 Å². The Morgan fingerprint density at radius 3 is 2.83 bits per heavy atom. The Labute approximate surface area is 106 Å². The summed E-state index contributed by atoms with van der Waals surface area (Å²) in [6.45, 7) is 4.79. The van der Waals surface area contributed by atoms with Crippen molar-refractivity contribution in [2.45, 2.75) is 13.8 Å². The van der Waals surface area contributed by atoms with Gasteiger partial charge in [0, 0.05) is 24.5 Å². The minimum absolute atomic E-state index is 0.661. The van der Waals surface area contributed by atoms with Crippen LogP contribution in [0.15, 0.2) is 24.8 Å². The molecule has 2 heterocycles. The van der Waals surface area contributed by atoms with Gasteiger partial charge in [-0.25, -0.2) is 9.97 Å². The minimum atomic E-state index is 0.661. The molecule has 0 aromatic carbocycles. The minimum Gasteiger partial charge on any atom is -0.491 e. The van der Waals surface area contributed by atoms with Gasteiger partial charge in [-0.2, -0.15) is 0 Å². The number of aromatic nitrogens is 3. The summed E-state index contributed by atoms with van der Waals surface area (Å²) in [5.74, 6) is 1.37. The van der Waals surface area contributed by atoms with E-state index in [1.54, 1.807) is 13.3 Å². The Bertz CT molecular complexity index is 542. The summed E-state index contributed by atoms with van der Waals surface area (Å²) >= 11 is 0. The average Bonchev–Trinajstić information content (AvgIpc) is 2.39. The van der Waals surface area contributed by atoms with Gasteiger partial charge in [-0.15, -0.1) is 0 Å². The average molecular weight is 244 g/mol. The maximum Gasteiger partial charge on any atom is 0.187 e. The molecular formula is C13H16N4O. The van der Waals surface area contributed by atoms with Gasteiger partial charge in [-0.1, -0.05) is 0 Å². The number of rotatable bonds is 4. The first kappa shape index (κ1) is 12.3. The van der Waals surface area contributed by atoms with E-state index >= 15 is 0 Å². The standard InChI is InChI=1S/C13H16N4O/c1-4-15-13-12(18-3)11(16-8-17-13)10-5-6-14-7-9(10)2/h5-8H,4H2,1-3H3,(H,15,16,17). The second kappa shape index (κ2) is 5.44. The first-order valence-corrected chi connectivity index (χ1v) is 5.81. The summed E-state index contributed by atoms with van der Waals surface area (Å²) in [5.41, 5.74) is 2.84. The Balaban J connectivity index is 2.57. The number of nitrogens with zero attached hydrogens (tertiary/aromatic N) is 3. The quantitative estimate of drug-likeness (QED) is 0.894. The van der Waals surface area contributed by atoms with Crippen molar-refractivity contribution in [3.05, 3.63) is 30.4 Å². The number of methoxy groups -OCH3 is 1. The number of nitrogens with one attached hydrogen (secondary N) is 1. The summed E-state index contributed by atoms with van der Waals surface area (Å²) in [7, 11) is 1.62. The lowest BCUT2D eigenvalue weighted by Crippen LogP contribution is -2.04. The highest BCUT2D eigenvalue weighted by atomic mass is 16.5. The molecule has 0 saturated carbocycles. The zero-order valence-electron chi connectivity index (χ0n) is 10.8. The monoisotopic (exact) mass is 244 g/mol. The van der Waals surface area contributed by atoms with Crippen LogP contribution in [0.5, 0.6) is 5.75 Å². The molecule has 0 aliphatic rings. The van der Waals surface area contributed by atoms with Crippen molar-refractivity contribution in [2.75, 3.05) is 19.0 Å². The summed E-state index contributed by atoms with van der Waals surface area (Å²) in [6.07, 6.45) is 5.09. The summed E-state index contributed by atoms with van der Waals surface area (Å²) in [6, 6.07) is 1.93. The van der Waals surface area contributed by atoms with Crippen LogP contribution in [0, 0.1) is 6.92 Å². The van der Waals surface area contributed by atoms with Crippen LogP contribution in [0.2, 0.25) is 0 Å². The molecule has 2 rings (SSSR count). The van der Waals surface area contributed by atoms with Crippen LogP contribution >= 0.6 is 0 Å². The molecule has 1 N–H and O–H groups in total. The van der Waals surface area contributed by atoms with E-state index in [4.69, 9.17) is 4.74 Å². The van der Waals surface area contributed by atoms with E-state index in [1.807, 2.05) is 26.1 Å². The number of hydrogen-bond donors (Lipinski definition) is 1. The van der Waals surface area contributed by atoms with E-state index in [-0.39, 0.29) is 0 Å². The Kier molecular flexibility index (Phi) is 3.72. The molecule has 0 amide bonds. The van der Waals surface area contributed by atoms with E-state index in [0.29, 0.717) is 11.6 Å². The van der Waals surface area contributed by atoms with Crippen molar-refractivity contribution in [2.24, 2.45) is 0 Å². The van der Waals surface area contributed by atoms with Crippen LogP contribution in [0.1, 0.15) is 12.5 Å². The highest BCUT2D eigenvalue weighted by molar-refractivity contribution is 5.74. The molecule has 2 aromatic heterocycles. The van der Waals surface area contributed by atoms with Crippen LogP contribution in [0.3, 0.4) is 0 Å². The molecule has 0 fully saturated rings. The topological polar surface area (TPSA) is 59.9 Å². The van der Waals surface area contributed by atoms with Crippen molar-refractivity contribution in [1.29, 1.82) is 0 Å². The second-order valence-corrected chi connectivity index (χ2v) is 3.83. The third-order valence-electron chi connectivity index (χ3n) is 2.63. The number of hydrogen-bond acceptors (Lipinski definition) is 5. The largest absolute Gasteiger partial charge is 0.491 e. The third-order valence-corrected chi connectivity index (χ3v) is 2.63. The van der Waals surface area contributed by atoms with E-state index < -0.39 is 0 Å². The molecule has 2 aromatic rings. The fourth-order valence-corrected chi connectivity index (χ4v) is 1.79. The van der Waals surface area contributed by atoms with Crippen molar-refractivity contribution < 1.29 is 4.74 Å². The first-order chi connectivity index (χ1) is 8.77. The number of pyridine rings is 1. The molecule has 18 heavy (non-hydrogen) atoms. The highest BCUT2D eigenvalue weighted by Crippen LogP contribution is 2.33. The Hall–Kier alpha value is -2.17. The molecule has 0 atom stereocenters.